The second-order valence-electron chi connectivity index (χ2n) is 5.26. The largest absolute Gasteiger partial charge is 0.496 e. The van der Waals surface area contributed by atoms with E-state index in [0.29, 0.717) is 24.2 Å². The summed E-state index contributed by atoms with van der Waals surface area (Å²) in [4.78, 5) is 11.0. The number of carbonyl (C=O) groups is 1. The number of rotatable bonds is 3. The highest BCUT2D eigenvalue weighted by Gasteiger charge is 2.39. The number of furan rings is 1. The molecular weight excluding hydrogens is 299 g/mol. The van der Waals surface area contributed by atoms with E-state index in [1.54, 1.807) is 18.4 Å². The molecule has 1 aromatic carbocycles. The Labute approximate surface area is 124 Å². The Morgan fingerprint density at radius 2 is 2.23 bits per heavy atom. The summed E-state index contributed by atoms with van der Waals surface area (Å²) in [5.74, 6) is -1.56. The predicted octanol–water partition coefficient (Wildman–Crippen LogP) is 3.15. The van der Waals surface area contributed by atoms with Crippen molar-refractivity contribution in [3.05, 3.63) is 29.5 Å². The van der Waals surface area contributed by atoms with Crippen molar-refractivity contribution in [2.45, 2.75) is 24.9 Å². The van der Waals surface area contributed by atoms with Crippen LogP contribution in [0.3, 0.4) is 0 Å². The summed E-state index contributed by atoms with van der Waals surface area (Å²) in [6.45, 7) is -0.0849. The Bertz CT molecular complexity index is 721. The number of methoxy groups -OCH3 is 1. The highest BCUT2D eigenvalue weighted by atomic mass is 19.4. The van der Waals surface area contributed by atoms with Crippen LogP contribution in [0.2, 0.25) is 0 Å². The molecule has 3 rings (SSSR count). The van der Waals surface area contributed by atoms with Crippen LogP contribution in [-0.2, 0) is 11.2 Å². The van der Waals surface area contributed by atoms with Crippen LogP contribution in [0.1, 0.15) is 23.5 Å². The van der Waals surface area contributed by atoms with Crippen molar-refractivity contribution in [3.8, 4) is 5.75 Å². The number of hydrogen-bond donors (Lipinski definition) is 1. The fraction of sp³-hybridized carbons (Fsp3) is 0.400. The zero-order valence-electron chi connectivity index (χ0n) is 11.8. The third-order valence-electron chi connectivity index (χ3n) is 3.97. The summed E-state index contributed by atoms with van der Waals surface area (Å²) in [5.41, 5.74) is 2.50. The van der Waals surface area contributed by atoms with E-state index in [2.05, 4.69) is 0 Å². The molecule has 22 heavy (non-hydrogen) atoms. The molecule has 1 aliphatic rings. The Hall–Kier alpha value is -2.18. The molecule has 1 N–H and O–H groups in total. The van der Waals surface area contributed by atoms with Crippen molar-refractivity contribution >= 4 is 16.9 Å². The normalized spacial score (nSPS) is 17.5. The highest BCUT2D eigenvalue weighted by molar-refractivity contribution is 5.88. The minimum Gasteiger partial charge on any atom is -0.496 e. The highest BCUT2D eigenvalue weighted by Crippen LogP contribution is 2.42. The van der Waals surface area contributed by atoms with E-state index >= 15 is 0 Å². The third-order valence-corrected chi connectivity index (χ3v) is 3.97. The standard InChI is InChI=1S/C15H14F3NO3/c1-21-10-4-5-11-13-9(7-22-11)3-2-8(12(10)13)6-19-14(20)15(16,17)18/h4-5,7-8H,2-3,6H2,1H3,(H,19,20). The van der Waals surface area contributed by atoms with E-state index in [1.165, 1.54) is 7.11 Å². The number of halogens is 3. The summed E-state index contributed by atoms with van der Waals surface area (Å²) in [6.07, 6.45) is -1.89. The Kier molecular flexibility index (Phi) is 3.50. The van der Waals surface area contributed by atoms with E-state index in [4.69, 9.17) is 9.15 Å². The minimum atomic E-state index is -4.87. The molecule has 0 aliphatic heterocycles. The summed E-state index contributed by atoms with van der Waals surface area (Å²) in [6, 6.07) is 3.51. The lowest BCUT2D eigenvalue weighted by Gasteiger charge is -2.25. The van der Waals surface area contributed by atoms with Crippen LogP contribution in [-0.4, -0.2) is 25.7 Å². The molecule has 1 heterocycles. The second kappa shape index (κ2) is 5.23. The smallest absolute Gasteiger partial charge is 0.471 e. The monoisotopic (exact) mass is 313 g/mol. The third kappa shape index (κ3) is 2.40. The number of aryl methyl sites for hydroxylation is 1. The molecule has 0 bridgehead atoms. The van der Waals surface area contributed by atoms with Crippen LogP contribution in [0.4, 0.5) is 13.2 Å². The van der Waals surface area contributed by atoms with E-state index in [0.717, 1.165) is 16.5 Å². The lowest BCUT2D eigenvalue weighted by atomic mass is 9.83. The SMILES string of the molecule is COc1ccc2occ3c2c1C(CNC(=O)C(F)(F)F)CC3. The van der Waals surface area contributed by atoms with E-state index in [-0.39, 0.29) is 12.5 Å². The first-order valence-electron chi connectivity index (χ1n) is 6.83. The summed E-state index contributed by atoms with van der Waals surface area (Å²) in [7, 11) is 1.51. The van der Waals surface area contributed by atoms with Gasteiger partial charge in [0, 0.05) is 23.4 Å². The molecule has 1 atom stereocenters. The van der Waals surface area contributed by atoms with Gasteiger partial charge in [0.05, 0.1) is 13.4 Å². The van der Waals surface area contributed by atoms with Gasteiger partial charge in [0.2, 0.25) is 0 Å². The molecule has 7 heteroatoms. The molecule has 1 aliphatic carbocycles. The first-order chi connectivity index (χ1) is 10.4. The average Bonchev–Trinajstić information content (AvgIpc) is 2.90. The van der Waals surface area contributed by atoms with Crippen molar-refractivity contribution in [1.82, 2.24) is 5.32 Å². The summed E-state index contributed by atoms with van der Waals surface area (Å²) in [5, 5.41) is 2.85. The van der Waals surface area contributed by atoms with Gasteiger partial charge in [0.1, 0.15) is 11.3 Å². The lowest BCUT2D eigenvalue weighted by molar-refractivity contribution is -0.173. The maximum Gasteiger partial charge on any atom is 0.471 e. The van der Waals surface area contributed by atoms with Crippen LogP contribution in [0.15, 0.2) is 22.8 Å². The maximum absolute atomic E-state index is 12.3. The number of alkyl halides is 3. The van der Waals surface area contributed by atoms with Crippen molar-refractivity contribution < 1.29 is 27.1 Å². The maximum atomic E-state index is 12.3. The number of benzene rings is 1. The molecule has 0 saturated heterocycles. The Morgan fingerprint density at radius 3 is 2.91 bits per heavy atom. The minimum absolute atomic E-state index is 0.0849. The molecule has 0 spiro atoms. The van der Waals surface area contributed by atoms with Gasteiger partial charge in [-0.1, -0.05) is 0 Å². The summed E-state index contributed by atoms with van der Waals surface area (Å²) >= 11 is 0. The van der Waals surface area contributed by atoms with Gasteiger partial charge in [-0.3, -0.25) is 4.79 Å². The predicted molar refractivity (Wildman–Crippen MR) is 72.9 cm³/mol. The molecule has 0 fully saturated rings. The number of ether oxygens (including phenoxy) is 1. The van der Waals surface area contributed by atoms with Crippen molar-refractivity contribution in [3.63, 3.8) is 0 Å². The van der Waals surface area contributed by atoms with Gasteiger partial charge in [-0.15, -0.1) is 0 Å². The van der Waals surface area contributed by atoms with Crippen molar-refractivity contribution in [1.29, 1.82) is 0 Å². The number of carbonyl (C=O) groups excluding carboxylic acids is 1. The number of nitrogens with one attached hydrogen (secondary N) is 1. The first kappa shape index (κ1) is 14.7. The molecule has 2 aromatic rings. The van der Waals surface area contributed by atoms with Crippen molar-refractivity contribution in [2.24, 2.45) is 0 Å². The van der Waals surface area contributed by atoms with Crippen molar-refractivity contribution in [2.75, 3.05) is 13.7 Å². The first-order valence-corrected chi connectivity index (χ1v) is 6.83. The quantitative estimate of drug-likeness (QED) is 0.947. The topological polar surface area (TPSA) is 51.5 Å². The number of amides is 1. The summed E-state index contributed by atoms with van der Waals surface area (Å²) < 4.78 is 47.7. The second-order valence-corrected chi connectivity index (χ2v) is 5.26. The lowest BCUT2D eigenvalue weighted by Crippen LogP contribution is -2.39. The van der Waals surface area contributed by atoms with Gasteiger partial charge in [-0.05, 0) is 30.5 Å². The molecule has 1 amide bonds. The molecular formula is C15H14F3NO3. The van der Waals surface area contributed by atoms with Crippen LogP contribution in [0.5, 0.6) is 5.75 Å². The van der Waals surface area contributed by atoms with Gasteiger partial charge in [0.25, 0.3) is 0 Å². The van der Waals surface area contributed by atoms with Crippen LogP contribution in [0.25, 0.3) is 11.0 Å². The molecule has 1 unspecified atom stereocenters. The Balaban J connectivity index is 1.92. The van der Waals surface area contributed by atoms with Gasteiger partial charge >= 0.3 is 12.1 Å². The van der Waals surface area contributed by atoms with Crippen LogP contribution in [0, 0.1) is 0 Å². The fourth-order valence-electron chi connectivity index (χ4n) is 2.96. The van der Waals surface area contributed by atoms with E-state index in [9.17, 15) is 18.0 Å². The van der Waals surface area contributed by atoms with Gasteiger partial charge in [0.15, 0.2) is 0 Å². The molecule has 4 nitrogen and oxygen atoms in total. The van der Waals surface area contributed by atoms with E-state index in [1.807, 2.05) is 5.32 Å². The molecule has 118 valence electrons. The zero-order valence-corrected chi connectivity index (χ0v) is 11.8. The average molecular weight is 313 g/mol. The van der Waals surface area contributed by atoms with Gasteiger partial charge in [-0.2, -0.15) is 13.2 Å². The van der Waals surface area contributed by atoms with Crippen LogP contribution >= 0.6 is 0 Å². The molecule has 0 saturated carbocycles. The van der Waals surface area contributed by atoms with Crippen LogP contribution < -0.4 is 10.1 Å². The van der Waals surface area contributed by atoms with E-state index < -0.39 is 12.1 Å². The fourth-order valence-corrected chi connectivity index (χ4v) is 2.96. The van der Waals surface area contributed by atoms with Gasteiger partial charge in [-0.25, -0.2) is 0 Å². The van der Waals surface area contributed by atoms with Gasteiger partial charge < -0.3 is 14.5 Å². The number of hydrogen-bond acceptors (Lipinski definition) is 3. The zero-order chi connectivity index (χ0) is 15.9. The Morgan fingerprint density at radius 1 is 1.45 bits per heavy atom. The molecule has 0 radical (unpaired) electrons. The molecule has 1 aromatic heterocycles.